The fourth-order valence-corrected chi connectivity index (χ4v) is 8.04. The molecule has 2 bridgehead atoms. The molecule has 4 aliphatic heterocycles. The van der Waals surface area contributed by atoms with Gasteiger partial charge in [-0.05, 0) is 37.7 Å². The van der Waals surface area contributed by atoms with Gasteiger partial charge in [0.25, 0.3) is 0 Å². The molecule has 1 aromatic carbocycles. The molecule has 0 unspecified atom stereocenters. The highest BCUT2D eigenvalue weighted by Crippen LogP contribution is 2.59. The number of carbonyl (C=O) groups excluding carboxylic acids is 4. The number of amides is 3. The third-order valence-corrected chi connectivity index (χ3v) is 10.6. The first kappa shape index (κ1) is 37.7. The second kappa shape index (κ2) is 18.1. The zero-order valence-corrected chi connectivity index (χ0v) is 29.2. The van der Waals surface area contributed by atoms with Gasteiger partial charge >= 0.3 is 5.97 Å². The Labute approximate surface area is 295 Å². The molecule has 5 rings (SSSR count). The molecule has 6 atom stereocenters. The molecule has 3 amide bonds. The van der Waals surface area contributed by atoms with Crippen molar-refractivity contribution in [2.45, 2.75) is 75.2 Å². The summed E-state index contributed by atoms with van der Waals surface area (Å²) in [5, 5.41) is 12.1. The fourth-order valence-electron chi connectivity index (χ4n) is 8.04. The van der Waals surface area contributed by atoms with E-state index in [0.717, 1.165) is 31.5 Å². The summed E-state index contributed by atoms with van der Waals surface area (Å²) in [6.07, 6.45) is 6.81. The summed E-state index contributed by atoms with van der Waals surface area (Å²) in [6.45, 7) is 12.5. The number of hydrogen-bond acceptors (Lipinski definition) is 9. The molecular formula is C38H54N4O8. The van der Waals surface area contributed by atoms with Gasteiger partial charge in [0.2, 0.25) is 17.7 Å². The van der Waals surface area contributed by atoms with Crippen molar-refractivity contribution < 1.29 is 38.5 Å². The number of rotatable bonds is 20. The third kappa shape index (κ3) is 8.47. The number of hydrogen-bond donors (Lipinski definition) is 2. The van der Waals surface area contributed by atoms with E-state index in [1.807, 2.05) is 30.3 Å². The Morgan fingerprint density at radius 1 is 1.08 bits per heavy atom. The van der Waals surface area contributed by atoms with Crippen LogP contribution in [0.3, 0.4) is 0 Å². The Kier molecular flexibility index (Phi) is 13.6. The van der Waals surface area contributed by atoms with Crippen molar-refractivity contribution in [3.8, 4) is 0 Å². The number of ether oxygens (including phenoxy) is 3. The number of benzene rings is 1. The highest BCUT2D eigenvalue weighted by Gasteiger charge is 2.75. The van der Waals surface area contributed by atoms with E-state index in [0.29, 0.717) is 71.5 Å². The molecule has 4 heterocycles. The summed E-state index contributed by atoms with van der Waals surface area (Å²) in [6, 6.07) is 8.35. The zero-order valence-electron chi connectivity index (χ0n) is 29.2. The first-order valence-electron chi connectivity index (χ1n) is 18.3. The van der Waals surface area contributed by atoms with Gasteiger partial charge < -0.3 is 34.4 Å². The van der Waals surface area contributed by atoms with Gasteiger partial charge in [-0.1, -0.05) is 55.3 Å². The van der Waals surface area contributed by atoms with Gasteiger partial charge in [-0.3, -0.25) is 24.1 Å². The number of nitrogens with one attached hydrogen (secondary N) is 1. The monoisotopic (exact) mass is 694 g/mol. The van der Waals surface area contributed by atoms with Gasteiger partial charge in [-0.2, -0.15) is 0 Å². The van der Waals surface area contributed by atoms with Crippen molar-refractivity contribution in [1.82, 2.24) is 20.0 Å². The maximum absolute atomic E-state index is 14.7. The molecule has 1 aromatic rings. The number of carbonyl (C=O) groups is 4. The van der Waals surface area contributed by atoms with Gasteiger partial charge in [0.15, 0.2) is 0 Å². The molecule has 12 heteroatoms. The standard InChI is InChI=1S/C38H54N4O8/c1-3-5-15-31(44)39-27-30(28-13-9-8-10-14-28)49-37(47)32-29-16-17-38(50-29)33(32)35(45)42(19-11-6-7-12-24-43)34(38)36(46)41(18-4-2)21-20-40-22-25-48-26-23-40/h3-4,8-10,13-14,29-30,32-34,43H,1-2,5-7,11-12,15-27H2,(H,39,44)/t29-,30-,32+,33+,34-,38+/m0/s1. The number of unbranched alkanes of at least 4 members (excludes halogenated alkanes) is 3. The van der Waals surface area contributed by atoms with Gasteiger partial charge in [0.1, 0.15) is 17.7 Å². The minimum atomic E-state index is -1.15. The number of aliphatic hydroxyl groups is 1. The van der Waals surface area contributed by atoms with E-state index < -0.39 is 41.7 Å². The van der Waals surface area contributed by atoms with E-state index in [1.165, 1.54) is 0 Å². The van der Waals surface area contributed by atoms with Crippen molar-refractivity contribution >= 4 is 23.7 Å². The number of nitrogens with zero attached hydrogens (tertiary/aromatic N) is 3. The van der Waals surface area contributed by atoms with E-state index in [9.17, 15) is 24.3 Å². The summed E-state index contributed by atoms with van der Waals surface area (Å²) >= 11 is 0. The smallest absolute Gasteiger partial charge is 0.313 e. The summed E-state index contributed by atoms with van der Waals surface area (Å²) in [7, 11) is 0. The minimum Gasteiger partial charge on any atom is -0.455 e. The predicted molar refractivity (Wildman–Crippen MR) is 187 cm³/mol. The van der Waals surface area contributed by atoms with Crippen molar-refractivity contribution in [2.75, 3.05) is 65.6 Å². The van der Waals surface area contributed by atoms with Crippen LogP contribution in [0.15, 0.2) is 55.6 Å². The molecule has 50 heavy (non-hydrogen) atoms. The van der Waals surface area contributed by atoms with Crippen molar-refractivity contribution in [2.24, 2.45) is 11.8 Å². The number of morpholine rings is 1. The van der Waals surface area contributed by atoms with Crippen LogP contribution in [-0.4, -0.2) is 127 Å². The first-order chi connectivity index (χ1) is 24.3. The Hall–Kier alpha value is -3.58. The number of esters is 1. The predicted octanol–water partition coefficient (Wildman–Crippen LogP) is 2.63. The Bertz CT molecular complexity index is 1340. The number of likely N-dealkylation sites (tertiary alicyclic amines) is 1. The van der Waals surface area contributed by atoms with Crippen molar-refractivity contribution in [3.05, 3.63) is 61.2 Å². The molecule has 1 spiro atoms. The third-order valence-electron chi connectivity index (χ3n) is 10.6. The quantitative estimate of drug-likeness (QED) is 0.120. The first-order valence-corrected chi connectivity index (χ1v) is 18.3. The molecular weight excluding hydrogens is 640 g/mol. The molecule has 274 valence electrons. The number of aliphatic hydroxyl groups excluding tert-OH is 1. The number of allylic oxidation sites excluding steroid dienone is 1. The lowest BCUT2D eigenvalue weighted by atomic mass is 9.70. The van der Waals surface area contributed by atoms with Crippen LogP contribution in [0.5, 0.6) is 0 Å². The van der Waals surface area contributed by atoms with Crippen LogP contribution < -0.4 is 5.32 Å². The average Bonchev–Trinajstić information content (AvgIpc) is 3.78. The SMILES string of the molecule is C=CCCC(=O)NC[C@H](OC(=O)[C@@H]1[C@@H]2CC[C@]3(O2)[C@H](C(=O)N(CC=C)CCN2CCOCC2)N(CCCCCCO)C(=O)[C@@H]13)c1ccccc1. The van der Waals surface area contributed by atoms with Crippen LogP contribution in [0.4, 0.5) is 0 Å². The Balaban J connectivity index is 1.38. The molecule has 0 aromatic heterocycles. The maximum Gasteiger partial charge on any atom is 0.313 e. The lowest BCUT2D eigenvalue weighted by Crippen LogP contribution is -2.57. The normalized spacial score (nSPS) is 26.3. The fraction of sp³-hybridized carbons (Fsp3) is 0.632. The topological polar surface area (TPSA) is 138 Å². The van der Waals surface area contributed by atoms with Crippen molar-refractivity contribution in [1.29, 1.82) is 0 Å². The molecule has 12 nitrogen and oxygen atoms in total. The van der Waals surface area contributed by atoms with Crippen LogP contribution >= 0.6 is 0 Å². The second-order valence-corrected chi connectivity index (χ2v) is 13.7. The largest absolute Gasteiger partial charge is 0.455 e. The molecule has 4 aliphatic rings. The second-order valence-electron chi connectivity index (χ2n) is 13.7. The molecule has 0 radical (unpaired) electrons. The van der Waals surface area contributed by atoms with Crippen LogP contribution in [0.2, 0.25) is 0 Å². The highest BCUT2D eigenvalue weighted by molar-refractivity contribution is 5.98. The Morgan fingerprint density at radius 3 is 2.56 bits per heavy atom. The number of fused-ring (bicyclic) bond motifs is 1. The van der Waals surface area contributed by atoms with Crippen LogP contribution in [-0.2, 0) is 33.4 Å². The van der Waals surface area contributed by atoms with Crippen LogP contribution in [0.1, 0.15) is 63.0 Å². The zero-order chi connectivity index (χ0) is 35.5. The summed E-state index contributed by atoms with van der Waals surface area (Å²) in [5.74, 6) is -2.92. The van der Waals surface area contributed by atoms with Gasteiger partial charge in [-0.25, -0.2) is 0 Å². The van der Waals surface area contributed by atoms with Crippen LogP contribution in [0, 0.1) is 11.8 Å². The molecule has 2 N–H and O–H groups in total. The molecule has 0 saturated carbocycles. The lowest BCUT2D eigenvalue weighted by Gasteiger charge is -2.37. The van der Waals surface area contributed by atoms with E-state index in [4.69, 9.17) is 14.2 Å². The van der Waals surface area contributed by atoms with E-state index >= 15 is 0 Å². The van der Waals surface area contributed by atoms with Gasteiger partial charge in [0, 0.05) is 52.3 Å². The molecule has 0 aliphatic carbocycles. The maximum atomic E-state index is 14.7. The van der Waals surface area contributed by atoms with E-state index in [2.05, 4.69) is 23.4 Å². The summed E-state index contributed by atoms with van der Waals surface area (Å²) in [5.41, 5.74) is -0.424. The van der Waals surface area contributed by atoms with Gasteiger partial charge in [0.05, 0.1) is 37.7 Å². The highest BCUT2D eigenvalue weighted by atomic mass is 16.6. The van der Waals surface area contributed by atoms with Gasteiger partial charge in [-0.15, -0.1) is 13.2 Å². The van der Waals surface area contributed by atoms with E-state index in [-0.39, 0.29) is 37.3 Å². The minimum absolute atomic E-state index is 0.0778. The Morgan fingerprint density at radius 2 is 1.84 bits per heavy atom. The van der Waals surface area contributed by atoms with E-state index in [1.54, 1.807) is 22.0 Å². The molecule has 4 fully saturated rings. The molecule has 4 saturated heterocycles. The summed E-state index contributed by atoms with van der Waals surface area (Å²) < 4.78 is 18.3. The van der Waals surface area contributed by atoms with Crippen molar-refractivity contribution in [3.63, 3.8) is 0 Å². The van der Waals surface area contributed by atoms with Crippen LogP contribution in [0.25, 0.3) is 0 Å². The lowest BCUT2D eigenvalue weighted by molar-refractivity contribution is -0.160. The summed E-state index contributed by atoms with van der Waals surface area (Å²) in [4.78, 5) is 61.5. The average molecular weight is 695 g/mol.